The average Bonchev–Trinajstić information content (AvgIpc) is 2.72. The van der Waals surface area contributed by atoms with Crippen LogP contribution in [0.4, 0.5) is 0 Å². The second-order valence-corrected chi connectivity index (χ2v) is 8.05. The zero-order valence-corrected chi connectivity index (χ0v) is 16.7. The van der Waals surface area contributed by atoms with Gasteiger partial charge in [-0.05, 0) is 48.6 Å². The highest BCUT2D eigenvalue weighted by molar-refractivity contribution is 7.99. The lowest BCUT2D eigenvalue weighted by Crippen LogP contribution is -2.50. The molecule has 0 aromatic heterocycles. The van der Waals surface area contributed by atoms with Crippen molar-refractivity contribution in [1.29, 1.82) is 0 Å². The standard InChI is InChI=1S/C21H23ClN2O2S/c22-18-8-10-19(11-9-18)27-16-4-7-20(25)23-12-14-24(15-13-23)21(26)17-5-2-1-3-6-17/h1-3,5-6,8-11H,4,7,12-16H2. The third-order valence-corrected chi connectivity index (χ3v) is 5.91. The number of hydrogen-bond acceptors (Lipinski definition) is 3. The molecule has 4 nitrogen and oxygen atoms in total. The van der Waals surface area contributed by atoms with Crippen LogP contribution in [-0.2, 0) is 4.79 Å². The predicted octanol–water partition coefficient (Wildman–Crippen LogP) is 4.20. The topological polar surface area (TPSA) is 40.6 Å². The Balaban J connectivity index is 1.37. The molecule has 0 aliphatic carbocycles. The molecule has 2 amide bonds. The minimum absolute atomic E-state index is 0.0436. The summed E-state index contributed by atoms with van der Waals surface area (Å²) < 4.78 is 0. The van der Waals surface area contributed by atoms with Crippen molar-refractivity contribution in [3.8, 4) is 0 Å². The molecule has 0 bridgehead atoms. The number of amides is 2. The molecule has 142 valence electrons. The zero-order chi connectivity index (χ0) is 19.1. The summed E-state index contributed by atoms with van der Waals surface area (Å²) in [6.07, 6.45) is 1.39. The van der Waals surface area contributed by atoms with E-state index in [1.165, 1.54) is 4.90 Å². The molecule has 0 saturated carbocycles. The van der Waals surface area contributed by atoms with Crippen molar-refractivity contribution in [2.24, 2.45) is 0 Å². The van der Waals surface area contributed by atoms with E-state index in [2.05, 4.69) is 0 Å². The third kappa shape index (κ3) is 5.75. The van der Waals surface area contributed by atoms with Crippen LogP contribution in [0, 0.1) is 0 Å². The summed E-state index contributed by atoms with van der Waals surface area (Å²) in [7, 11) is 0. The van der Waals surface area contributed by atoms with Crippen molar-refractivity contribution in [3.05, 3.63) is 65.2 Å². The molecule has 27 heavy (non-hydrogen) atoms. The maximum Gasteiger partial charge on any atom is 0.253 e. The number of hydrogen-bond donors (Lipinski definition) is 0. The van der Waals surface area contributed by atoms with Gasteiger partial charge in [0.2, 0.25) is 5.91 Å². The van der Waals surface area contributed by atoms with Crippen molar-refractivity contribution in [3.63, 3.8) is 0 Å². The Labute approximate surface area is 169 Å². The Morgan fingerprint density at radius 3 is 2.19 bits per heavy atom. The predicted molar refractivity (Wildman–Crippen MR) is 110 cm³/mol. The number of benzene rings is 2. The van der Waals surface area contributed by atoms with E-state index in [0.717, 1.165) is 17.2 Å². The number of carbonyl (C=O) groups is 2. The van der Waals surface area contributed by atoms with Crippen molar-refractivity contribution >= 4 is 35.2 Å². The average molecular weight is 403 g/mol. The SMILES string of the molecule is O=C(CCCSc1ccc(Cl)cc1)N1CCN(C(=O)c2ccccc2)CC1. The van der Waals surface area contributed by atoms with Crippen LogP contribution in [0.2, 0.25) is 5.02 Å². The molecule has 2 aromatic carbocycles. The van der Waals surface area contributed by atoms with Gasteiger partial charge in [-0.1, -0.05) is 29.8 Å². The highest BCUT2D eigenvalue weighted by Gasteiger charge is 2.24. The number of nitrogens with zero attached hydrogens (tertiary/aromatic N) is 2. The van der Waals surface area contributed by atoms with Gasteiger partial charge in [-0.3, -0.25) is 9.59 Å². The Morgan fingerprint density at radius 2 is 1.52 bits per heavy atom. The van der Waals surface area contributed by atoms with E-state index in [4.69, 9.17) is 11.6 Å². The fourth-order valence-electron chi connectivity index (χ4n) is 3.02. The number of halogens is 1. The van der Waals surface area contributed by atoms with Crippen molar-refractivity contribution in [2.45, 2.75) is 17.7 Å². The first kappa shape index (κ1) is 19.8. The van der Waals surface area contributed by atoms with E-state index in [1.54, 1.807) is 11.8 Å². The van der Waals surface area contributed by atoms with Crippen LogP contribution in [0.15, 0.2) is 59.5 Å². The first-order valence-corrected chi connectivity index (χ1v) is 10.5. The van der Waals surface area contributed by atoms with Gasteiger partial charge in [0.15, 0.2) is 0 Å². The van der Waals surface area contributed by atoms with Gasteiger partial charge in [0.05, 0.1) is 0 Å². The first-order chi connectivity index (χ1) is 13.1. The molecule has 0 radical (unpaired) electrons. The van der Waals surface area contributed by atoms with E-state index in [1.807, 2.05) is 64.4 Å². The lowest BCUT2D eigenvalue weighted by molar-refractivity contribution is -0.132. The molecular weight excluding hydrogens is 380 g/mol. The molecule has 3 rings (SSSR count). The van der Waals surface area contributed by atoms with Gasteiger partial charge in [-0.2, -0.15) is 0 Å². The van der Waals surface area contributed by atoms with Crippen molar-refractivity contribution < 1.29 is 9.59 Å². The molecule has 1 aliphatic heterocycles. The summed E-state index contributed by atoms with van der Waals surface area (Å²) in [5.74, 6) is 1.13. The highest BCUT2D eigenvalue weighted by Crippen LogP contribution is 2.21. The van der Waals surface area contributed by atoms with Gasteiger partial charge in [0.1, 0.15) is 0 Å². The Kier molecular flexibility index (Phi) is 7.18. The van der Waals surface area contributed by atoms with Crippen molar-refractivity contribution in [1.82, 2.24) is 9.80 Å². The molecule has 0 N–H and O–H groups in total. The van der Waals surface area contributed by atoms with Gasteiger partial charge in [-0.25, -0.2) is 0 Å². The maximum absolute atomic E-state index is 12.5. The Morgan fingerprint density at radius 1 is 0.889 bits per heavy atom. The minimum Gasteiger partial charge on any atom is -0.339 e. The summed E-state index contributed by atoms with van der Waals surface area (Å²) in [5.41, 5.74) is 0.705. The second-order valence-electron chi connectivity index (χ2n) is 6.44. The van der Waals surface area contributed by atoms with Crippen LogP contribution in [-0.4, -0.2) is 53.5 Å². The fraction of sp³-hybridized carbons (Fsp3) is 0.333. The number of rotatable bonds is 6. The summed E-state index contributed by atoms with van der Waals surface area (Å²) in [6.45, 7) is 2.42. The van der Waals surface area contributed by atoms with Gasteiger partial charge in [0.25, 0.3) is 5.91 Å². The van der Waals surface area contributed by atoms with E-state index in [0.29, 0.717) is 38.2 Å². The number of thioether (sulfide) groups is 1. The smallest absolute Gasteiger partial charge is 0.253 e. The Hall–Kier alpha value is -1.98. The molecule has 1 fully saturated rings. The van der Waals surface area contributed by atoms with Crippen LogP contribution in [0.3, 0.4) is 0 Å². The van der Waals surface area contributed by atoms with E-state index < -0.39 is 0 Å². The molecule has 0 spiro atoms. The summed E-state index contributed by atoms with van der Waals surface area (Å²) in [6, 6.07) is 17.1. The van der Waals surface area contributed by atoms with Crippen LogP contribution in [0.5, 0.6) is 0 Å². The van der Waals surface area contributed by atoms with E-state index >= 15 is 0 Å². The third-order valence-electron chi connectivity index (χ3n) is 4.56. The van der Waals surface area contributed by atoms with Crippen LogP contribution < -0.4 is 0 Å². The Bertz CT molecular complexity index is 760. The molecule has 0 unspecified atom stereocenters. The van der Waals surface area contributed by atoms with Gasteiger partial charge >= 0.3 is 0 Å². The molecule has 1 heterocycles. The quantitative estimate of drug-likeness (QED) is 0.537. The fourth-order valence-corrected chi connectivity index (χ4v) is 4.00. The summed E-state index contributed by atoms with van der Waals surface area (Å²) in [5, 5.41) is 0.736. The minimum atomic E-state index is 0.0436. The normalized spacial score (nSPS) is 14.3. The van der Waals surface area contributed by atoms with Gasteiger partial charge < -0.3 is 9.80 Å². The molecule has 0 atom stereocenters. The van der Waals surface area contributed by atoms with Gasteiger partial charge in [0, 0.05) is 48.1 Å². The zero-order valence-electron chi connectivity index (χ0n) is 15.1. The lowest BCUT2D eigenvalue weighted by atomic mass is 10.2. The monoisotopic (exact) mass is 402 g/mol. The number of piperazine rings is 1. The van der Waals surface area contributed by atoms with Crippen LogP contribution in [0.1, 0.15) is 23.2 Å². The summed E-state index contributed by atoms with van der Waals surface area (Å²) in [4.78, 5) is 29.7. The maximum atomic E-state index is 12.5. The van der Waals surface area contributed by atoms with Crippen LogP contribution >= 0.6 is 23.4 Å². The summed E-state index contributed by atoms with van der Waals surface area (Å²) >= 11 is 7.62. The van der Waals surface area contributed by atoms with Gasteiger partial charge in [-0.15, -0.1) is 11.8 Å². The van der Waals surface area contributed by atoms with E-state index in [9.17, 15) is 9.59 Å². The molecular formula is C21H23ClN2O2S. The van der Waals surface area contributed by atoms with Crippen molar-refractivity contribution in [2.75, 3.05) is 31.9 Å². The molecule has 6 heteroatoms. The number of carbonyl (C=O) groups excluding carboxylic acids is 2. The largest absolute Gasteiger partial charge is 0.339 e. The lowest BCUT2D eigenvalue weighted by Gasteiger charge is -2.35. The highest BCUT2D eigenvalue weighted by atomic mass is 35.5. The van der Waals surface area contributed by atoms with E-state index in [-0.39, 0.29) is 11.8 Å². The second kappa shape index (κ2) is 9.81. The van der Waals surface area contributed by atoms with Crippen LogP contribution in [0.25, 0.3) is 0 Å². The molecule has 1 aliphatic rings. The molecule has 2 aromatic rings. The molecule has 1 saturated heterocycles. The first-order valence-electron chi connectivity index (χ1n) is 9.14.